The van der Waals surface area contributed by atoms with Crippen LogP contribution in [0.5, 0.6) is 0 Å². The number of rotatable bonds is 6. The van der Waals surface area contributed by atoms with Crippen molar-refractivity contribution in [2.75, 3.05) is 17.6 Å². The molecule has 4 atom stereocenters. The van der Waals surface area contributed by atoms with Gasteiger partial charge in [-0.15, -0.1) is 0 Å². The number of para-hydroxylation sites is 1. The number of fused-ring (bicyclic) bond motifs is 6. The number of hydrogen-bond donors (Lipinski definition) is 0. The van der Waals surface area contributed by atoms with Gasteiger partial charge in [0, 0.05) is 20.4 Å². The van der Waals surface area contributed by atoms with Crippen LogP contribution in [0.2, 0.25) is 0 Å². The van der Waals surface area contributed by atoms with Gasteiger partial charge in [0.1, 0.15) is 6.17 Å². The molecule has 3 aliphatic heterocycles. The first kappa shape index (κ1) is 29.5. The molecule has 3 aromatic carbocycles. The van der Waals surface area contributed by atoms with Crippen LogP contribution >= 0.6 is 33.3 Å². The van der Waals surface area contributed by atoms with Crippen LogP contribution in [0.15, 0.2) is 89.8 Å². The molecule has 0 radical (unpaired) electrons. The molecule has 226 valence electrons. The largest absolute Gasteiger partial charge is 0.322 e. The Hall–Kier alpha value is -3.19. The molecule has 4 aliphatic rings. The minimum atomic E-state index is -4.24. The minimum absolute atomic E-state index is 0.0870. The highest BCUT2D eigenvalue weighted by Gasteiger charge is 2.75. The first-order valence-corrected chi connectivity index (χ1v) is 18.9. The number of carbonyl (C=O) groups is 3. The number of likely N-dealkylation sites (N-methyl/N-ethyl adjacent to an activating group) is 1. The molecule has 12 heteroatoms. The number of benzene rings is 3. The summed E-state index contributed by atoms with van der Waals surface area (Å²) >= 11 is 0.780. The quantitative estimate of drug-likeness (QED) is 0.336. The van der Waals surface area contributed by atoms with Gasteiger partial charge in [0.05, 0.1) is 16.0 Å². The molecule has 2 fully saturated rings. The van der Waals surface area contributed by atoms with E-state index >= 15 is 0 Å². The molecular weight excluding hydrogens is 635 g/mol. The van der Waals surface area contributed by atoms with Gasteiger partial charge in [-0.3, -0.25) is 19.3 Å². The molecule has 0 unspecified atom stereocenters. The summed E-state index contributed by atoms with van der Waals surface area (Å²) in [5.74, 6) is -0.793. The molecule has 0 aromatic heterocycles. The monoisotopic (exact) mass is 663 g/mol. The smallest absolute Gasteiger partial charge is 0.266 e. The van der Waals surface area contributed by atoms with E-state index < -0.39 is 37.8 Å². The van der Waals surface area contributed by atoms with E-state index in [9.17, 15) is 22.8 Å². The Morgan fingerprint density at radius 2 is 1.64 bits per heavy atom. The van der Waals surface area contributed by atoms with Gasteiger partial charge in [-0.25, -0.2) is 12.7 Å². The van der Waals surface area contributed by atoms with Gasteiger partial charge in [0.15, 0.2) is 15.4 Å². The molecule has 2 saturated heterocycles. The molecule has 7 rings (SSSR count). The lowest BCUT2D eigenvalue weighted by Crippen LogP contribution is -2.69. The number of carbonyl (C=O) groups excluding carboxylic acids is 3. The molecule has 1 aliphatic carbocycles. The maximum absolute atomic E-state index is 14.8. The van der Waals surface area contributed by atoms with Crippen molar-refractivity contribution in [1.82, 2.24) is 9.80 Å². The lowest BCUT2D eigenvalue weighted by molar-refractivity contribution is -0.157. The Balaban J connectivity index is 1.57. The van der Waals surface area contributed by atoms with Crippen molar-refractivity contribution in [2.45, 2.75) is 46.5 Å². The number of allylic oxidation sites excluding steroid dienone is 1. The maximum Gasteiger partial charge on any atom is 0.266 e. The van der Waals surface area contributed by atoms with E-state index in [1.165, 1.54) is 42.6 Å². The lowest BCUT2D eigenvalue weighted by atomic mass is 9.70. The summed E-state index contributed by atoms with van der Waals surface area (Å²) in [6.45, 7) is 1.36. The second-order valence-electron chi connectivity index (χ2n) is 11.3. The summed E-state index contributed by atoms with van der Waals surface area (Å²) in [7, 11) is -0.0500. The number of sulfonamides is 1. The number of piperazine rings is 1. The van der Waals surface area contributed by atoms with Crippen molar-refractivity contribution in [3.63, 3.8) is 0 Å². The van der Waals surface area contributed by atoms with Crippen LogP contribution in [0, 0.1) is 0 Å². The minimum Gasteiger partial charge on any atom is -0.322 e. The fourth-order valence-corrected chi connectivity index (χ4v) is 12.4. The van der Waals surface area contributed by atoms with Gasteiger partial charge in [-0.1, -0.05) is 100 Å². The number of amides is 2. The van der Waals surface area contributed by atoms with Gasteiger partial charge in [-0.05, 0) is 53.1 Å². The Bertz CT molecular complexity index is 1870. The molecule has 8 nitrogen and oxygen atoms in total. The molecule has 0 N–H and O–H groups in total. The summed E-state index contributed by atoms with van der Waals surface area (Å²) in [4.78, 5) is 43.3. The van der Waals surface area contributed by atoms with E-state index in [0.29, 0.717) is 12.1 Å². The molecule has 3 aromatic rings. The van der Waals surface area contributed by atoms with Crippen molar-refractivity contribution in [3.8, 4) is 0 Å². The molecule has 0 bridgehead atoms. The van der Waals surface area contributed by atoms with Gasteiger partial charge >= 0.3 is 0 Å². The van der Waals surface area contributed by atoms with E-state index in [1.807, 2.05) is 36.6 Å². The van der Waals surface area contributed by atoms with E-state index in [4.69, 9.17) is 0 Å². The number of nitrogens with zero attached hydrogens (tertiary/aromatic N) is 3. The third-order valence-electron chi connectivity index (χ3n) is 9.01. The first-order chi connectivity index (χ1) is 21.1. The molecular formula is C32H29N3O5S4. The standard InChI is InChI=1S/C32H29N3O5S4/c1-20(36)42-28-27(37)34-29-31(19-32(34,43-41-3)30(38)33(28)2,24-18-17-21-11-7-8-14-23(21)24)25-15-9-10-16-26(25)35(29)44(39,40)22-12-5-4-6-13-22/h4-16,18,28-29H,17,19H2,1-3H3/t28-,29-,31-,32-/m0/s1. The third kappa shape index (κ3) is 3.87. The first-order valence-electron chi connectivity index (χ1n) is 14.1. The fourth-order valence-electron chi connectivity index (χ4n) is 7.41. The Kier molecular flexibility index (Phi) is 7.00. The summed E-state index contributed by atoms with van der Waals surface area (Å²) in [6, 6.07) is 23.6. The second kappa shape index (κ2) is 10.4. The van der Waals surface area contributed by atoms with Crippen LogP contribution in [-0.2, 0) is 36.2 Å². The number of hydrogen-bond acceptors (Lipinski definition) is 8. The zero-order valence-electron chi connectivity index (χ0n) is 24.2. The van der Waals surface area contributed by atoms with E-state index in [1.54, 1.807) is 49.5 Å². The van der Waals surface area contributed by atoms with Crippen molar-refractivity contribution in [1.29, 1.82) is 0 Å². The Morgan fingerprint density at radius 3 is 2.36 bits per heavy atom. The van der Waals surface area contributed by atoms with Gasteiger partial charge < -0.3 is 4.90 Å². The predicted molar refractivity (Wildman–Crippen MR) is 176 cm³/mol. The fraction of sp³-hybridized carbons (Fsp3) is 0.281. The van der Waals surface area contributed by atoms with E-state index in [-0.39, 0.29) is 22.3 Å². The Morgan fingerprint density at radius 1 is 0.955 bits per heavy atom. The molecule has 0 saturated carbocycles. The summed E-state index contributed by atoms with van der Waals surface area (Å²) in [5.41, 5.74) is 3.15. The van der Waals surface area contributed by atoms with E-state index in [0.717, 1.165) is 34.0 Å². The summed E-state index contributed by atoms with van der Waals surface area (Å²) in [5, 5.41) is -1.43. The number of anilines is 1. The topological polar surface area (TPSA) is 95.1 Å². The number of thioether (sulfide) groups is 1. The molecule has 0 spiro atoms. The summed E-state index contributed by atoms with van der Waals surface area (Å²) in [6.07, 6.45) is 3.70. The highest BCUT2D eigenvalue weighted by Crippen LogP contribution is 2.68. The Labute approximate surface area is 268 Å². The van der Waals surface area contributed by atoms with Crippen molar-refractivity contribution in [3.05, 3.63) is 102 Å². The predicted octanol–water partition coefficient (Wildman–Crippen LogP) is 5.12. The molecule has 3 heterocycles. The van der Waals surface area contributed by atoms with Gasteiger partial charge in [0.25, 0.3) is 21.8 Å². The lowest BCUT2D eigenvalue weighted by Gasteiger charge is -2.49. The summed E-state index contributed by atoms with van der Waals surface area (Å²) < 4.78 is 31.0. The van der Waals surface area contributed by atoms with Gasteiger partial charge in [-0.2, -0.15) is 0 Å². The van der Waals surface area contributed by atoms with Crippen molar-refractivity contribution < 1.29 is 22.8 Å². The molecule has 44 heavy (non-hydrogen) atoms. The van der Waals surface area contributed by atoms with Crippen LogP contribution < -0.4 is 4.31 Å². The van der Waals surface area contributed by atoms with Crippen LogP contribution in [0.3, 0.4) is 0 Å². The van der Waals surface area contributed by atoms with Crippen LogP contribution in [0.4, 0.5) is 5.69 Å². The normalized spacial score (nSPS) is 27.2. The highest BCUT2D eigenvalue weighted by atomic mass is 33.1. The second-order valence-corrected chi connectivity index (χ2v) is 17.0. The average molecular weight is 664 g/mol. The third-order valence-corrected chi connectivity index (χ3v) is 14.1. The van der Waals surface area contributed by atoms with Crippen LogP contribution in [-0.4, -0.2) is 64.9 Å². The molecule has 2 amide bonds. The average Bonchev–Trinajstić information content (AvgIpc) is 3.66. The SMILES string of the molecule is CSS[C@]12C[C@]3(C4=CCc5ccccc54)c4ccccc4N(S(=O)(=O)c4ccccc4)[C@@H]3N1C(=O)[C@H](SC(C)=O)N(C)C2=O. The van der Waals surface area contributed by atoms with Crippen LogP contribution in [0.25, 0.3) is 5.57 Å². The van der Waals surface area contributed by atoms with Crippen molar-refractivity contribution in [2.24, 2.45) is 0 Å². The zero-order chi connectivity index (χ0) is 31.0. The maximum atomic E-state index is 14.8. The van der Waals surface area contributed by atoms with Crippen LogP contribution in [0.1, 0.15) is 30.0 Å². The van der Waals surface area contributed by atoms with Crippen molar-refractivity contribution >= 4 is 71.6 Å². The van der Waals surface area contributed by atoms with E-state index in [2.05, 4.69) is 12.1 Å². The zero-order valence-corrected chi connectivity index (χ0v) is 27.4. The van der Waals surface area contributed by atoms with Gasteiger partial charge in [0.2, 0.25) is 0 Å². The highest BCUT2D eigenvalue weighted by molar-refractivity contribution is 8.77.